The van der Waals surface area contributed by atoms with E-state index in [1.54, 1.807) is 17.6 Å². The van der Waals surface area contributed by atoms with Crippen LogP contribution in [0.4, 0.5) is 0 Å². The monoisotopic (exact) mass is 302 g/mol. The maximum Gasteiger partial charge on any atom is 0.257 e. The highest BCUT2D eigenvalue weighted by molar-refractivity contribution is 7.08. The molecule has 5 heteroatoms. The zero-order valence-corrected chi connectivity index (χ0v) is 12.6. The molecule has 4 nitrogen and oxygen atoms in total. The number of thiophene rings is 1. The Balaban J connectivity index is 1.57. The molecule has 0 saturated carbocycles. The minimum atomic E-state index is 0.119. The number of piperidine rings is 1. The minimum Gasteiger partial charge on any atom is -0.463 e. The predicted molar refractivity (Wildman–Crippen MR) is 82.5 cm³/mol. The highest BCUT2D eigenvalue weighted by Gasteiger charge is 2.32. The Bertz CT molecular complexity index is 627. The van der Waals surface area contributed by atoms with Crippen LogP contribution >= 0.6 is 11.3 Å². The number of rotatable bonds is 2. The average molecular weight is 302 g/mol. The van der Waals surface area contributed by atoms with Crippen LogP contribution in [0.25, 0.3) is 11.3 Å². The van der Waals surface area contributed by atoms with Gasteiger partial charge < -0.3 is 14.2 Å². The summed E-state index contributed by atoms with van der Waals surface area (Å²) in [6, 6.07) is 4.29. The van der Waals surface area contributed by atoms with Crippen LogP contribution in [0.15, 0.2) is 33.6 Å². The fourth-order valence-corrected chi connectivity index (χ4v) is 3.97. The van der Waals surface area contributed by atoms with E-state index in [2.05, 4.69) is 9.80 Å². The van der Waals surface area contributed by atoms with Crippen LogP contribution in [0.3, 0.4) is 0 Å². The molecule has 3 fully saturated rings. The Kier molecular flexibility index (Phi) is 3.31. The third-order valence-electron chi connectivity index (χ3n) is 4.57. The van der Waals surface area contributed by atoms with E-state index in [-0.39, 0.29) is 5.91 Å². The summed E-state index contributed by atoms with van der Waals surface area (Å²) in [5, 5.41) is 4.05. The Morgan fingerprint density at radius 3 is 2.86 bits per heavy atom. The van der Waals surface area contributed by atoms with Crippen molar-refractivity contribution in [2.75, 3.05) is 26.2 Å². The van der Waals surface area contributed by atoms with Crippen LogP contribution in [0.5, 0.6) is 0 Å². The first-order chi connectivity index (χ1) is 10.3. The molecule has 2 aromatic heterocycles. The van der Waals surface area contributed by atoms with Crippen LogP contribution in [0, 0.1) is 0 Å². The Hall–Kier alpha value is -1.59. The maximum absolute atomic E-state index is 12.8. The van der Waals surface area contributed by atoms with Crippen molar-refractivity contribution in [2.24, 2.45) is 0 Å². The van der Waals surface area contributed by atoms with E-state index < -0.39 is 0 Å². The van der Waals surface area contributed by atoms with Crippen molar-refractivity contribution in [3.63, 3.8) is 0 Å². The quantitative estimate of drug-likeness (QED) is 0.856. The Morgan fingerprint density at radius 1 is 1.24 bits per heavy atom. The molecule has 0 spiro atoms. The average Bonchev–Trinajstić information content (AvgIpc) is 3.12. The van der Waals surface area contributed by atoms with E-state index >= 15 is 0 Å². The van der Waals surface area contributed by atoms with Crippen molar-refractivity contribution in [3.05, 3.63) is 34.7 Å². The molecule has 0 N–H and O–H groups in total. The summed E-state index contributed by atoms with van der Waals surface area (Å²) in [5.74, 6) is 0.899. The van der Waals surface area contributed by atoms with Gasteiger partial charge in [0.1, 0.15) is 12.0 Å². The molecule has 0 aromatic carbocycles. The van der Waals surface area contributed by atoms with Gasteiger partial charge in [-0.3, -0.25) is 4.79 Å². The topological polar surface area (TPSA) is 36.7 Å². The van der Waals surface area contributed by atoms with Gasteiger partial charge in [0.15, 0.2) is 0 Å². The standard InChI is InChI=1S/C16H18N2O2S/c19-16(18-7-6-17-4-1-14(18)2-5-17)13-9-15(20-10-13)12-3-8-21-11-12/h3,8-11,14H,1-2,4-7H2. The van der Waals surface area contributed by atoms with Crippen LogP contribution in [-0.4, -0.2) is 47.9 Å². The summed E-state index contributed by atoms with van der Waals surface area (Å²) in [6.45, 7) is 4.08. The fraction of sp³-hybridized carbons (Fsp3) is 0.438. The number of hydrogen-bond donors (Lipinski definition) is 0. The lowest BCUT2D eigenvalue weighted by molar-refractivity contribution is 0.0684. The third-order valence-corrected chi connectivity index (χ3v) is 5.25. The molecule has 21 heavy (non-hydrogen) atoms. The number of carbonyl (C=O) groups excluding carboxylic acids is 1. The van der Waals surface area contributed by atoms with Gasteiger partial charge in [0, 0.05) is 43.2 Å². The van der Waals surface area contributed by atoms with E-state index in [9.17, 15) is 4.79 Å². The van der Waals surface area contributed by atoms with Gasteiger partial charge in [-0.1, -0.05) is 0 Å². The van der Waals surface area contributed by atoms with Crippen molar-refractivity contribution >= 4 is 17.2 Å². The van der Waals surface area contributed by atoms with E-state index in [1.165, 1.54) is 0 Å². The molecular formula is C16H18N2O2S. The summed E-state index contributed by atoms with van der Waals surface area (Å²) in [7, 11) is 0. The number of fused-ring (bicyclic) bond motifs is 4. The van der Waals surface area contributed by atoms with E-state index in [1.807, 2.05) is 22.9 Å². The van der Waals surface area contributed by atoms with E-state index in [0.717, 1.165) is 50.3 Å². The Labute approximate surface area is 128 Å². The molecule has 0 aliphatic carbocycles. The maximum atomic E-state index is 12.8. The second-order valence-corrected chi connectivity index (χ2v) is 6.56. The second-order valence-electron chi connectivity index (χ2n) is 5.78. The SMILES string of the molecule is O=C(c1coc(-c2ccsc2)c1)N1CCN2CCC1CC2. The van der Waals surface area contributed by atoms with Gasteiger partial charge in [-0.15, -0.1) is 0 Å². The zero-order chi connectivity index (χ0) is 14.2. The van der Waals surface area contributed by atoms with Crippen molar-refractivity contribution in [1.29, 1.82) is 0 Å². The second kappa shape index (κ2) is 5.31. The van der Waals surface area contributed by atoms with Gasteiger partial charge in [-0.25, -0.2) is 0 Å². The van der Waals surface area contributed by atoms with Crippen LogP contribution < -0.4 is 0 Å². The third kappa shape index (κ3) is 2.40. The summed E-state index contributed by atoms with van der Waals surface area (Å²) >= 11 is 1.63. The molecule has 2 bridgehead atoms. The predicted octanol–water partition coefficient (Wildman–Crippen LogP) is 2.93. The molecule has 5 heterocycles. The molecule has 0 radical (unpaired) electrons. The van der Waals surface area contributed by atoms with Gasteiger partial charge in [-0.05, 0) is 30.4 Å². The van der Waals surface area contributed by atoms with Crippen molar-refractivity contribution in [3.8, 4) is 11.3 Å². The Morgan fingerprint density at radius 2 is 2.10 bits per heavy atom. The van der Waals surface area contributed by atoms with Crippen LogP contribution in [0.1, 0.15) is 23.2 Å². The highest BCUT2D eigenvalue weighted by Crippen LogP contribution is 2.27. The van der Waals surface area contributed by atoms with Crippen LogP contribution in [0.2, 0.25) is 0 Å². The van der Waals surface area contributed by atoms with Crippen molar-refractivity contribution < 1.29 is 9.21 Å². The molecule has 110 valence electrons. The minimum absolute atomic E-state index is 0.119. The lowest BCUT2D eigenvalue weighted by Crippen LogP contribution is -2.41. The molecule has 0 atom stereocenters. The fourth-order valence-electron chi connectivity index (χ4n) is 3.32. The van der Waals surface area contributed by atoms with Gasteiger partial charge in [0.25, 0.3) is 5.91 Å². The van der Waals surface area contributed by atoms with Gasteiger partial charge in [0.2, 0.25) is 0 Å². The van der Waals surface area contributed by atoms with Crippen molar-refractivity contribution in [1.82, 2.24) is 9.80 Å². The molecule has 5 rings (SSSR count). The number of nitrogens with zero attached hydrogens (tertiary/aromatic N) is 2. The molecule has 2 aromatic rings. The van der Waals surface area contributed by atoms with Gasteiger partial charge in [-0.2, -0.15) is 11.3 Å². The summed E-state index contributed by atoms with van der Waals surface area (Å²) in [4.78, 5) is 17.3. The molecular weight excluding hydrogens is 284 g/mol. The molecule has 3 saturated heterocycles. The summed E-state index contributed by atoms with van der Waals surface area (Å²) in [5.41, 5.74) is 1.72. The number of carbonyl (C=O) groups is 1. The molecule has 3 aliphatic rings. The number of hydrogen-bond acceptors (Lipinski definition) is 4. The first-order valence-electron chi connectivity index (χ1n) is 7.46. The zero-order valence-electron chi connectivity index (χ0n) is 11.8. The highest BCUT2D eigenvalue weighted by atomic mass is 32.1. The van der Waals surface area contributed by atoms with Gasteiger partial charge in [0.05, 0.1) is 5.56 Å². The molecule has 0 unspecified atom stereocenters. The normalized spacial score (nSPS) is 25.0. The van der Waals surface area contributed by atoms with E-state index in [4.69, 9.17) is 4.42 Å². The van der Waals surface area contributed by atoms with Crippen LogP contribution in [-0.2, 0) is 0 Å². The smallest absolute Gasteiger partial charge is 0.257 e. The first kappa shape index (κ1) is 13.1. The largest absolute Gasteiger partial charge is 0.463 e. The summed E-state index contributed by atoms with van der Waals surface area (Å²) < 4.78 is 5.58. The van der Waals surface area contributed by atoms with Gasteiger partial charge >= 0.3 is 0 Å². The van der Waals surface area contributed by atoms with E-state index in [0.29, 0.717) is 11.6 Å². The number of furan rings is 1. The number of amides is 1. The lowest BCUT2D eigenvalue weighted by Gasteiger charge is -2.31. The first-order valence-corrected chi connectivity index (χ1v) is 8.40. The molecule has 1 amide bonds. The molecule has 3 aliphatic heterocycles. The summed E-state index contributed by atoms with van der Waals surface area (Å²) in [6.07, 6.45) is 3.80. The lowest BCUT2D eigenvalue weighted by atomic mass is 10.0. The van der Waals surface area contributed by atoms with Crippen molar-refractivity contribution in [2.45, 2.75) is 18.9 Å².